The molecule has 3 aromatic rings. The smallest absolute Gasteiger partial charge is 0.232 e. The number of fused-ring (bicyclic) bond motifs is 1. The molecule has 0 bridgehead atoms. The Labute approximate surface area is 174 Å². The van der Waals surface area contributed by atoms with Gasteiger partial charge >= 0.3 is 0 Å². The van der Waals surface area contributed by atoms with Crippen LogP contribution in [0.5, 0.6) is 5.75 Å². The molecule has 0 saturated carbocycles. The minimum atomic E-state index is -0.373. The first kappa shape index (κ1) is 22.1. The Morgan fingerprint density at radius 1 is 1.11 bits per heavy atom. The zero-order valence-corrected chi connectivity index (χ0v) is 17.4. The van der Waals surface area contributed by atoms with Crippen LogP contribution in [-0.4, -0.2) is 49.6 Å². The standard InChI is InChI=1S/C20H22FN3O2S.ClH/c1-23(2)12-13-24(18(25)11-14-26-15-7-4-3-5-8-15)20-22-19-16(21)9-6-10-17(19)27-20;/h3-10H,11-14H2,1-2H3;1H. The van der Waals surface area contributed by atoms with E-state index < -0.39 is 0 Å². The number of anilines is 1. The predicted molar refractivity (Wildman–Crippen MR) is 114 cm³/mol. The van der Waals surface area contributed by atoms with Crippen molar-refractivity contribution in [2.24, 2.45) is 0 Å². The van der Waals surface area contributed by atoms with Crippen LogP contribution in [0.2, 0.25) is 0 Å². The molecule has 0 N–H and O–H groups in total. The van der Waals surface area contributed by atoms with Crippen LogP contribution >= 0.6 is 23.7 Å². The fourth-order valence-electron chi connectivity index (χ4n) is 2.55. The van der Waals surface area contributed by atoms with Gasteiger partial charge in [-0.1, -0.05) is 35.6 Å². The molecule has 1 aromatic heterocycles. The van der Waals surface area contributed by atoms with Gasteiger partial charge in [0.15, 0.2) is 5.13 Å². The molecule has 2 aromatic carbocycles. The molecule has 1 heterocycles. The van der Waals surface area contributed by atoms with Gasteiger partial charge in [-0.3, -0.25) is 9.69 Å². The summed E-state index contributed by atoms with van der Waals surface area (Å²) in [5.74, 6) is 0.266. The van der Waals surface area contributed by atoms with E-state index in [0.717, 1.165) is 10.4 Å². The Morgan fingerprint density at radius 2 is 1.86 bits per heavy atom. The number of likely N-dealkylation sites (N-methyl/N-ethyl adjacent to an activating group) is 1. The van der Waals surface area contributed by atoms with E-state index >= 15 is 0 Å². The lowest BCUT2D eigenvalue weighted by Crippen LogP contribution is -2.37. The Balaban J connectivity index is 0.00000280. The number of amides is 1. The number of halogens is 2. The summed E-state index contributed by atoms with van der Waals surface area (Å²) in [6.07, 6.45) is 0.223. The van der Waals surface area contributed by atoms with Gasteiger partial charge in [0.2, 0.25) is 5.91 Å². The van der Waals surface area contributed by atoms with Crippen molar-refractivity contribution in [1.29, 1.82) is 0 Å². The number of rotatable bonds is 8. The van der Waals surface area contributed by atoms with Gasteiger partial charge in [-0.05, 0) is 38.4 Å². The second-order valence-electron chi connectivity index (χ2n) is 6.34. The normalized spacial score (nSPS) is 10.7. The van der Waals surface area contributed by atoms with E-state index in [1.54, 1.807) is 11.0 Å². The highest BCUT2D eigenvalue weighted by Gasteiger charge is 2.20. The summed E-state index contributed by atoms with van der Waals surface area (Å²) in [5, 5.41) is 0.515. The Hall–Kier alpha value is -2.22. The van der Waals surface area contributed by atoms with Gasteiger partial charge < -0.3 is 9.64 Å². The lowest BCUT2D eigenvalue weighted by molar-refractivity contribution is -0.119. The highest BCUT2D eigenvalue weighted by molar-refractivity contribution is 7.22. The minimum Gasteiger partial charge on any atom is -0.493 e. The molecule has 150 valence electrons. The zero-order chi connectivity index (χ0) is 19.2. The first-order valence-corrected chi connectivity index (χ1v) is 9.54. The van der Waals surface area contributed by atoms with E-state index in [2.05, 4.69) is 4.98 Å². The number of carbonyl (C=O) groups is 1. The maximum Gasteiger partial charge on any atom is 0.232 e. The summed E-state index contributed by atoms with van der Waals surface area (Å²) in [5.41, 5.74) is 0.306. The van der Waals surface area contributed by atoms with Crippen molar-refractivity contribution in [3.05, 3.63) is 54.3 Å². The molecule has 0 aliphatic heterocycles. The number of ether oxygens (including phenoxy) is 1. The van der Waals surface area contributed by atoms with Gasteiger partial charge in [0.1, 0.15) is 17.1 Å². The number of para-hydroxylation sites is 2. The highest BCUT2D eigenvalue weighted by atomic mass is 35.5. The molecular weight excluding hydrogens is 401 g/mol. The van der Waals surface area contributed by atoms with E-state index in [-0.39, 0.29) is 37.2 Å². The second kappa shape index (κ2) is 10.4. The Morgan fingerprint density at radius 3 is 2.54 bits per heavy atom. The summed E-state index contributed by atoms with van der Waals surface area (Å²) in [4.78, 5) is 20.8. The van der Waals surface area contributed by atoms with Gasteiger partial charge in [0, 0.05) is 13.1 Å². The molecule has 28 heavy (non-hydrogen) atoms. The third kappa shape index (κ3) is 5.64. The molecule has 8 heteroatoms. The molecule has 0 atom stereocenters. The monoisotopic (exact) mass is 423 g/mol. The van der Waals surface area contributed by atoms with Crippen molar-refractivity contribution in [2.75, 3.05) is 38.7 Å². The van der Waals surface area contributed by atoms with Gasteiger partial charge in [-0.2, -0.15) is 0 Å². The second-order valence-corrected chi connectivity index (χ2v) is 7.35. The molecule has 0 saturated heterocycles. The average molecular weight is 424 g/mol. The number of aromatic nitrogens is 1. The number of hydrogen-bond acceptors (Lipinski definition) is 5. The summed E-state index contributed by atoms with van der Waals surface area (Å²) in [6, 6.07) is 14.2. The van der Waals surface area contributed by atoms with E-state index in [4.69, 9.17) is 4.74 Å². The van der Waals surface area contributed by atoms with Crippen molar-refractivity contribution in [2.45, 2.75) is 6.42 Å². The van der Waals surface area contributed by atoms with E-state index in [9.17, 15) is 9.18 Å². The molecule has 0 unspecified atom stereocenters. The summed E-state index contributed by atoms with van der Waals surface area (Å²) >= 11 is 1.32. The topological polar surface area (TPSA) is 45.7 Å². The van der Waals surface area contributed by atoms with Crippen LogP contribution < -0.4 is 9.64 Å². The lowest BCUT2D eigenvalue weighted by atomic mass is 10.3. The molecule has 0 aliphatic carbocycles. The van der Waals surface area contributed by atoms with Crippen LogP contribution in [0.15, 0.2) is 48.5 Å². The molecule has 3 rings (SSSR count). The van der Waals surface area contributed by atoms with Crippen LogP contribution in [-0.2, 0) is 4.79 Å². The van der Waals surface area contributed by atoms with E-state index in [0.29, 0.717) is 23.7 Å². The first-order chi connectivity index (χ1) is 13.0. The molecular formula is C20H23ClFN3O2S. The predicted octanol–water partition coefficient (Wildman–Crippen LogP) is 4.22. The van der Waals surface area contributed by atoms with Crippen molar-refractivity contribution in [1.82, 2.24) is 9.88 Å². The quantitative estimate of drug-likeness (QED) is 0.544. The summed E-state index contributed by atoms with van der Waals surface area (Å²) in [6.45, 7) is 1.45. The fourth-order valence-corrected chi connectivity index (χ4v) is 3.58. The molecule has 0 radical (unpaired) electrons. The lowest BCUT2D eigenvalue weighted by Gasteiger charge is -2.22. The van der Waals surface area contributed by atoms with Crippen LogP contribution in [0.3, 0.4) is 0 Å². The van der Waals surface area contributed by atoms with Crippen molar-refractivity contribution >= 4 is 45.0 Å². The largest absolute Gasteiger partial charge is 0.493 e. The van der Waals surface area contributed by atoms with E-state index in [1.165, 1.54) is 17.4 Å². The maximum absolute atomic E-state index is 14.0. The van der Waals surface area contributed by atoms with Crippen molar-refractivity contribution in [3.8, 4) is 5.75 Å². The van der Waals surface area contributed by atoms with Gasteiger partial charge in [0.05, 0.1) is 17.7 Å². The zero-order valence-electron chi connectivity index (χ0n) is 15.8. The van der Waals surface area contributed by atoms with Gasteiger partial charge in [-0.15, -0.1) is 12.4 Å². The fraction of sp³-hybridized carbons (Fsp3) is 0.300. The van der Waals surface area contributed by atoms with Crippen LogP contribution in [0.25, 0.3) is 10.2 Å². The maximum atomic E-state index is 14.0. The Bertz CT molecular complexity index is 905. The first-order valence-electron chi connectivity index (χ1n) is 8.72. The number of thiazole rings is 1. The number of nitrogens with zero attached hydrogens (tertiary/aromatic N) is 3. The Kier molecular flexibility index (Phi) is 8.17. The minimum absolute atomic E-state index is 0. The average Bonchev–Trinajstić information content (AvgIpc) is 3.08. The van der Waals surface area contributed by atoms with Gasteiger partial charge in [-0.25, -0.2) is 9.37 Å². The van der Waals surface area contributed by atoms with Crippen molar-refractivity contribution < 1.29 is 13.9 Å². The third-order valence-corrected chi connectivity index (χ3v) is 5.03. The van der Waals surface area contributed by atoms with E-state index in [1.807, 2.05) is 55.4 Å². The number of hydrogen-bond donors (Lipinski definition) is 0. The molecule has 0 fully saturated rings. The van der Waals surface area contributed by atoms with Crippen LogP contribution in [0, 0.1) is 5.82 Å². The SMILES string of the molecule is CN(C)CCN(C(=O)CCOc1ccccc1)c1nc2c(F)cccc2s1.Cl. The number of benzene rings is 2. The van der Waals surface area contributed by atoms with Crippen molar-refractivity contribution in [3.63, 3.8) is 0 Å². The molecule has 0 spiro atoms. The van der Waals surface area contributed by atoms with Crippen LogP contribution in [0.4, 0.5) is 9.52 Å². The third-order valence-electron chi connectivity index (χ3n) is 3.99. The number of carbonyl (C=O) groups excluding carboxylic acids is 1. The van der Waals surface area contributed by atoms with Gasteiger partial charge in [0.25, 0.3) is 0 Å². The molecule has 5 nitrogen and oxygen atoms in total. The molecule has 0 aliphatic rings. The summed E-state index contributed by atoms with van der Waals surface area (Å²) in [7, 11) is 3.89. The van der Waals surface area contributed by atoms with Crippen LogP contribution in [0.1, 0.15) is 6.42 Å². The summed E-state index contributed by atoms with van der Waals surface area (Å²) < 4.78 is 20.3. The molecule has 1 amide bonds. The highest BCUT2D eigenvalue weighted by Crippen LogP contribution is 2.30.